The summed E-state index contributed by atoms with van der Waals surface area (Å²) in [4.78, 5) is 30.3. The molecular weight excluding hydrogens is 422 g/mol. The van der Waals surface area contributed by atoms with Crippen molar-refractivity contribution in [3.8, 4) is 11.5 Å². The number of nitrogens with one attached hydrogen (secondary N) is 2. The highest BCUT2D eigenvalue weighted by atomic mass is 16.5. The number of H-pyrrole nitrogens is 1. The summed E-state index contributed by atoms with van der Waals surface area (Å²) in [6, 6.07) is 18.1. The molecule has 0 atom stereocenters. The fourth-order valence-corrected chi connectivity index (χ4v) is 3.58. The van der Waals surface area contributed by atoms with Crippen LogP contribution in [-0.4, -0.2) is 30.1 Å². The maximum absolute atomic E-state index is 13.0. The molecule has 4 aromatic rings. The van der Waals surface area contributed by atoms with E-state index < -0.39 is 0 Å². The average molecular weight is 447 g/mol. The number of amides is 2. The van der Waals surface area contributed by atoms with Gasteiger partial charge in [0.2, 0.25) is 0 Å². The van der Waals surface area contributed by atoms with E-state index in [1.165, 1.54) is 7.11 Å². The summed E-state index contributed by atoms with van der Waals surface area (Å²) in [5, 5.41) is 3.69. The van der Waals surface area contributed by atoms with Gasteiger partial charge in [0.1, 0.15) is 5.76 Å². The van der Waals surface area contributed by atoms with E-state index in [0.29, 0.717) is 34.9 Å². The fraction of sp³-hybridized carbons (Fsp3) is 0.200. The Labute approximate surface area is 190 Å². The second kappa shape index (κ2) is 9.95. The molecule has 0 aliphatic heterocycles. The quantitative estimate of drug-likeness (QED) is 0.425. The summed E-state index contributed by atoms with van der Waals surface area (Å²) in [7, 11) is 3.09. The highest BCUT2D eigenvalue weighted by molar-refractivity contribution is 5.83. The van der Waals surface area contributed by atoms with Gasteiger partial charge in [0.25, 0.3) is 5.56 Å². The van der Waals surface area contributed by atoms with Crippen molar-refractivity contribution < 1.29 is 18.7 Å². The van der Waals surface area contributed by atoms with Gasteiger partial charge < -0.3 is 29.1 Å². The van der Waals surface area contributed by atoms with Gasteiger partial charge in [0.05, 0.1) is 39.1 Å². The molecule has 8 nitrogen and oxygen atoms in total. The van der Waals surface area contributed by atoms with Crippen LogP contribution in [0.15, 0.2) is 76.1 Å². The third kappa shape index (κ3) is 5.17. The van der Waals surface area contributed by atoms with Gasteiger partial charge in [-0.2, -0.15) is 0 Å². The fourth-order valence-electron chi connectivity index (χ4n) is 3.58. The summed E-state index contributed by atoms with van der Waals surface area (Å²) in [6.45, 7) is 0.692. The van der Waals surface area contributed by atoms with Crippen molar-refractivity contribution in [1.29, 1.82) is 0 Å². The molecule has 170 valence electrons. The number of nitrogens with zero attached hydrogens (tertiary/aromatic N) is 1. The van der Waals surface area contributed by atoms with Gasteiger partial charge in [-0.3, -0.25) is 4.79 Å². The number of benzene rings is 2. The zero-order valence-corrected chi connectivity index (χ0v) is 18.5. The zero-order valence-electron chi connectivity index (χ0n) is 18.5. The molecule has 0 fully saturated rings. The number of fused-ring (bicyclic) bond motifs is 1. The second-order valence-corrected chi connectivity index (χ2v) is 7.50. The summed E-state index contributed by atoms with van der Waals surface area (Å²) in [5.41, 5.74) is 1.76. The maximum Gasteiger partial charge on any atom is 0.318 e. The number of pyridine rings is 1. The molecule has 2 N–H and O–H groups in total. The average Bonchev–Trinajstić information content (AvgIpc) is 3.35. The number of rotatable bonds is 8. The normalized spacial score (nSPS) is 10.7. The van der Waals surface area contributed by atoms with Crippen LogP contribution < -0.4 is 20.3 Å². The third-order valence-electron chi connectivity index (χ3n) is 5.29. The minimum absolute atomic E-state index is 0.0982. The van der Waals surface area contributed by atoms with Gasteiger partial charge in [-0.05, 0) is 29.8 Å². The molecule has 2 aromatic carbocycles. The first kappa shape index (κ1) is 22.0. The number of furan rings is 1. The lowest BCUT2D eigenvalue weighted by Gasteiger charge is -2.22. The van der Waals surface area contributed by atoms with E-state index in [2.05, 4.69) is 10.3 Å². The van der Waals surface area contributed by atoms with Gasteiger partial charge in [-0.1, -0.05) is 30.3 Å². The summed E-state index contributed by atoms with van der Waals surface area (Å²) in [5.74, 6) is 1.69. The van der Waals surface area contributed by atoms with Crippen LogP contribution in [0.1, 0.15) is 16.9 Å². The van der Waals surface area contributed by atoms with Crippen molar-refractivity contribution in [2.45, 2.75) is 19.6 Å². The first-order valence-electron chi connectivity index (χ1n) is 10.4. The number of aromatic amines is 1. The molecule has 0 bridgehead atoms. The van der Waals surface area contributed by atoms with Gasteiger partial charge in [-0.15, -0.1) is 0 Å². The summed E-state index contributed by atoms with van der Waals surface area (Å²) >= 11 is 0. The largest absolute Gasteiger partial charge is 0.493 e. The number of carbonyl (C=O) groups is 1. The van der Waals surface area contributed by atoms with E-state index in [0.717, 1.165) is 10.9 Å². The third-order valence-corrected chi connectivity index (χ3v) is 5.29. The first-order chi connectivity index (χ1) is 16.1. The molecule has 0 aliphatic carbocycles. The molecule has 4 rings (SSSR count). The van der Waals surface area contributed by atoms with Crippen LogP contribution in [0, 0.1) is 0 Å². The molecular formula is C25H25N3O5. The minimum Gasteiger partial charge on any atom is -0.493 e. The summed E-state index contributed by atoms with van der Waals surface area (Å²) in [6.07, 6.45) is 1.55. The minimum atomic E-state index is -0.304. The van der Waals surface area contributed by atoms with Crippen LogP contribution in [0.5, 0.6) is 11.5 Å². The van der Waals surface area contributed by atoms with Crippen molar-refractivity contribution in [3.05, 3.63) is 94.2 Å². The number of methoxy groups -OCH3 is 2. The molecule has 2 heterocycles. The molecule has 0 unspecified atom stereocenters. The molecule has 0 saturated heterocycles. The Morgan fingerprint density at radius 1 is 1.00 bits per heavy atom. The van der Waals surface area contributed by atoms with Crippen molar-refractivity contribution >= 4 is 16.9 Å². The Hall–Kier alpha value is -4.20. The van der Waals surface area contributed by atoms with Crippen molar-refractivity contribution in [1.82, 2.24) is 15.2 Å². The number of hydrogen-bond donors (Lipinski definition) is 2. The monoisotopic (exact) mass is 447 g/mol. The standard InChI is InChI=1S/C25H25N3O5/c1-31-22-12-18-11-19(24(29)27-21(18)13-23(22)32-2)15-28(16-20-9-6-10-33-20)25(30)26-14-17-7-4-3-5-8-17/h3-13H,14-16H2,1-2H3,(H,26,30)(H,27,29). The second-order valence-electron chi connectivity index (χ2n) is 7.50. The Morgan fingerprint density at radius 2 is 1.76 bits per heavy atom. The predicted octanol–water partition coefficient (Wildman–Crippen LogP) is 4.05. The lowest BCUT2D eigenvalue weighted by molar-refractivity contribution is 0.186. The number of aromatic nitrogens is 1. The molecule has 8 heteroatoms. The van der Waals surface area contributed by atoms with Crippen LogP contribution in [0.2, 0.25) is 0 Å². The van der Waals surface area contributed by atoms with Crippen LogP contribution in [0.3, 0.4) is 0 Å². The van der Waals surface area contributed by atoms with Crippen LogP contribution in [0.4, 0.5) is 4.79 Å². The molecule has 2 amide bonds. The Bertz CT molecular complexity index is 1280. The first-order valence-corrected chi connectivity index (χ1v) is 10.4. The van der Waals surface area contributed by atoms with Crippen molar-refractivity contribution in [3.63, 3.8) is 0 Å². The number of urea groups is 1. The van der Waals surface area contributed by atoms with E-state index in [-0.39, 0.29) is 24.7 Å². The van der Waals surface area contributed by atoms with Gasteiger partial charge >= 0.3 is 6.03 Å². The number of ether oxygens (including phenoxy) is 2. The SMILES string of the molecule is COc1cc2cc(CN(Cc3ccco3)C(=O)NCc3ccccc3)c(=O)[nH]c2cc1OC. The Kier molecular flexibility index (Phi) is 6.64. The lowest BCUT2D eigenvalue weighted by Crippen LogP contribution is -2.39. The van der Waals surface area contributed by atoms with E-state index in [4.69, 9.17) is 13.9 Å². The van der Waals surface area contributed by atoms with Crippen molar-refractivity contribution in [2.24, 2.45) is 0 Å². The molecule has 0 aliphatic rings. The number of carbonyl (C=O) groups excluding carboxylic acids is 1. The van der Waals surface area contributed by atoms with E-state index in [9.17, 15) is 9.59 Å². The number of hydrogen-bond acceptors (Lipinski definition) is 5. The Balaban J connectivity index is 1.61. The van der Waals surface area contributed by atoms with E-state index in [1.54, 1.807) is 48.6 Å². The molecule has 0 radical (unpaired) electrons. The van der Waals surface area contributed by atoms with Crippen LogP contribution in [-0.2, 0) is 19.6 Å². The highest BCUT2D eigenvalue weighted by Crippen LogP contribution is 2.31. The van der Waals surface area contributed by atoms with Crippen molar-refractivity contribution in [2.75, 3.05) is 14.2 Å². The maximum atomic E-state index is 13.0. The molecule has 0 saturated carbocycles. The van der Waals surface area contributed by atoms with Gasteiger partial charge in [0, 0.05) is 23.6 Å². The van der Waals surface area contributed by atoms with E-state index in [1.807, 2.05) is 30.3 Å². The summed E-state index contributed by atoms with van der Waals surface area (Å²) < 4.78 is 16.1. The zero-order chi connectivity index (χ0) is 23.2. The molecule has 2 aromatic heterocycles. The molecule has 0 spiro atoms. The van der Waals surface area contributed by atoms with E-state index >= 15 is 0 Å². The van der Waals surface area contributed by atoms with Crippen LogP contribution in [0.25, 0.3) is 10.9 Å². The predicted molar refractivity (Wildman–Crippen MR) is 124 cm³/mol. The lowest BCUT2D eigenvalue weighted by atomic mass is 10.1. The van der Waals surface area contributed by atoms with Crippen LogP contribution >= 0.6 is 0 Å². The molecule has 33 heavy (non-hydrogen) atoms. The Morgan fingerprint density at radius 3 is 2.45 bits per heavy atom. The smallest absolute Gasteiger partial charge is 0.318 e. The topological polar surface area (TPSA) is 96.8 Å². The van der Waals surface area contributed by atoms with Gasteiger partial charge in [0.15, 0.2) is 11.5 Å². The van der Waals surface area contributed by atoms with Gasteiger partial charge in [-0.25, -0.2) is 4.79 Å². The highest BCUT2D eigenvalue weighted by Gasteiger charge is 2.18.